The molecule has 1 nitrogen and oxygen atoms in total. The standard InChI is InChI=1S/C21H43N.ClH/c1-2-3-4-5-6-7-8-9-10-11-12-13-14-15-16-17-18-19-20-21-22;/h2H,1,3-22H2;1H. The summed E-state index contributed by atoms with van der Waals surface area (Å²) in [5.74, 6) is 0. The van der Waals surface area contributed by atoms with E-state index < -0.39 is 0 Å². The van der Waals surface area contributed by atoms with Crippen LogP contribution >= 0.6 is 0 Å². The van der Waals surface area contributed by atoms with Crippen molar-refractivity contribution in [1.29, 1.82) is 0 Å². The van der Waals surface area contributed by atoms with Crippen LogP contribution < -0.4 is 18.1 Å². The molecule has 0 radical (unpaired) electrons. The van der Waals surface area contributed by atoms with E-state index in [0.717, 1.165) is 6.54 Å². The maximum atomic E-state index is 3.90. The third kappa shape index (κ3) is 24.4. The summed E-state index contributed by atoms with van der Waals surface area (Å²) in [6, 6.07) is 0. The maximum absolute atomic E-state index is 3.90. The highest BCUT2D eigenvalue weighted by Crippen LogP contribution is 2.14. The Hall–Kier alpha value is -0.0100. The third-order valence-corrected chi connectivity index (χ3v) is 4.66. The lowest BCUT2D eigenvalue weighted by molar-refractivity contribution is -0.368. The fourth-order valence-electron chi connectivity index (χ4n) is 3.12. The van der Waals surface area contributed by atoms with Gasteiger partial charge >= 0.3 is 0 Å². The van der Waals surface area contributed by atoms with Gasteiger partial charge in [0.25, 0.3) is 0 Å². The van der Waals surface area contributed by atoms with Gasteiger partial charge in [-0.2, -0.15) is 0 Å². The van der Waals surface area contributed by atoms with Crippen molar-refractivity contribution < 1.29 is 18.1 Å². The monoisotopic (exact) mass is 345 g/mol. The van der Waals surface area contributed by atoms with Gasteiger partial charge in [0, 0.05) is 0 Å². The molecule has 0 aromatic carbocycles. The zero-order chi connectivity index (χ0) is 16.1. The van der Waals surface area contributed by atoms with Gasteiger partial charge in [-0.25, -0.2) is 0 Å². The van der Waals surface area contributed by atoms with Crippen molar-refractivity contribution >= 4 is 0 Å². The Morgan fingerprint density at radius 3 is 1.00 bits per heavy atom. The zero-order valence-electron chi connectivity index (χ0n) is 15.8. The van der Waals surface area contributed by atoms with Gasteiger partial charge in [-0.3, -0.25) is 0 Å². The molecule has 0 saturated heterocycles. The molecule has 0 aliphatic heterocycles. The van der Waals surface area contributed by atoms with Gasteiger partial charge in [-0.1, -0.05) is 96.0 Å². The first-order chi connectivity index (χ1) is 10.9. The lowest BCUT2D eigenvalue weighted by Crippen LogP contribution is -3.00. The van der Waals surface area contributed by atoms with Crippen molar-refractivity contribution in [3.63, 3.8) is 0 Å². The fourth-order valence-corrected chi connectivity index (χ4v) is 3.12. The summed E-state index contributed by atoms with van der Waals surface area (Å²) < 4.78 is 0. The van der Waals surface area contributed by atoms with Crippen LogP contribution in [0.25, 0.3) is 0 Å². The first-order valence-electron chi connectivity index (χ1n) is 10.3. The van der Waals surface area contributed by atoms with Gasteiger partial charge in [0.05, 0.1) is 6.54 Å². The van der Waals surface area contributed by atoms with Crippen LogP contribution in [0.3, 0.4) is 0 Å². The zero-order valence-corrected chi connectivity index (χ0v) is 16.6. The normalized spacial score (nSPS) is 10.5. The lowest BCUT2D eigenvalue weighted by Gasteiger charge is -2.03. The van der Waals surface area contributed by atoms with Crippen molar-refractivity contribution in [3.05, 3.63) is 12.7 Å². The van der Waals surface area contributed by atoms with Crippen LogP contribution in [0.5, 0.6) is 0 Å². The smallest absolute Gasteiger partial charge is 0.0739 e. The molecule has 0 aliphatic rings. The quantitative estimate of drug-likeness (QED) is 0.274. The molecule has 0 amide bonds. The van der Waals surface area contributed by atoms with Crippen LogP contribution in [-0.2, 0) is 0 Å². The Morgan fingerprint density at radius 2 is 0.739 bits per heavy atom. The molecule has 0 heterocycles. The van der Waals surface area contributed by atoms with Crippen molar-refractivity contribution in [2.24, 2.45) is 0 Å². The van der Waals surface area contributed by atoms with E-state index in [-0.39, 0.29) is 12.4 Å². The van der Waals surface area contributed by atoms with E-state index in [1.54, 1.807) is 0 Å². The second-order valence-electron chi connectivity index (χ2n) is 6.94. The van der Waals surface area contributed by atoms with Crippen molar-refractivity contribution in [3.8, 4) is 0 Å². The average Bonchev–Trinajstić information content (AvgIpc) is 2.54. The number of hydrogen-bond acceptors (Lipinski definition) is 0. The van der Waals surface area contributed by atoms with E-state index in [0.29, 0.717) is 0 Å². The van der Waals surface area contributed by atoms with Crippen LogP contribution in [-0.4, -0.2) is 6.54 Å². The molecular weight excluding hydrogens is 302 g/mol. The summed E-state index contributed by atoms with van der Waals surface area (Å²) in [4.78, 5) is 0. The molecule has 0 aliphatic carbocycles. The van der Waals surface area contributed by atoms with Crippen LogP contribution in [0.4, 0.5) is 0 Å². The number of hydrogen-bond donors (Lipinski definition) is 1. The molecule has 0 atom stereocenters. The van der Waals surface area contributed by atoms with E-state index in [1.807, 2.05) is 6.08 Å². The Bertz CT molecular complexity index is 206. The molecule has 0 fully saturated rings. The molecular formula is C21H44ClN. The minimum atomic E-state index is 0. The highest BCUT2D eigenvalue weighted by molar-refractivity contribution is 4.65. The van der Waals surface area contributed by atoms with E-state index in [9.17, 15) is 0 Å². The SMILES string of the molecule is C=CCCCCCCCCCCCCCCCCCCC[NH3+].[Cl-]. The van der Waals surface area contributed by atoms with Gasteiger partial charge in [0.15, 0.2) is 0 Å². The Morgan fingerprint density at radius 1 is 0.478 bits per heavy atom. The molecule has 0 aromatic heterocycles. The summed E-state index contributed by atoms with van der Waals surface area (Å²) in [5, 5.41) is 0. The van der Waals surface area contributed by atoms with Gasteiger partial charge in [-0.15, -0.1) is 6.58 Å². The first kappa shape index (κ1) is 25.2. The number of quaternary nitrogens is 1. The number of rotatable bonds is 19. The van der Waals surface area contributed by atoms with E-state index in [4.69, 9.17) is 0 Å². The molecule has 0 bridgehead atoms. The molecule has 0 saturated carbocycles. The molecule has 0 aromatic rings. The van der Waals surface area contributed by atoms with Crippen molar-refractivity contribution in [2.45, 2.75) is 116 Å². The fraction of sp³-hybridized carbons (Fsp3) is 0.905. The molecule has 0 unspecified atom stereocenters. The van der Waals surface area contributed by atoms with E-state index in [1.165, 1.54) is 116 Å². The van der Waals surface area contributed by atoms with Crippen LogP contribution in [0.1, 0.15) is 116 Å². The van der Waals surface area contributed by atoms with Gasteiger partial charge in [0.1, 0.15) is 0 Å². The predicted molar refractivity (Wildman–Crippen MR) is 101 cm³/mol. The summed E-state index contributed by atoms with van der Waals surface area (Å²) >= 11 is 0. The maximum Gasteiger partial charge on any atom is 0.0739 e. The highest BCUT2D eigenvalue weighted by atomic mass is 35.5. The summed E-state index contributed by atoms with van der Waals surface area (Å²) in [6.07, 6.45) is 27.7. The largest absolute Gasteiger partial charge is 1.00 e. The van der Waals surface area contributed by atoms with Crippen LogP contribution in [0, 0.1) is 0 Å². The Balaban J connectivity index is 0. The lowest BCUT2D eigenvalue weighted by atomic mass is 10.0. The average molecular weight is 346 g/mol. The minimum Gasteiger partial charge on any atom is -1.00 e. The van der Waals surface area contributed by atoms with Gasteiger partial charge in [-0.05, 0) is 25.7 Å². The summed E-state index contributed by atoms with van der Waals surface area (Å²) in [7, 11) is 0. The molecule has 2 heteroatoms. The molecule has 3 N–H and O–H groups in total. The number of unbranched alkanes of at least 4 members (excludes halogenated alkanes) is 17. The number of allylic oxidation sites excluding steroid dienone is 1. The molecule has 23 heavy (non-hydrogen) atoms. The van der Waals surface area contributed by atoms with Crippen molar-refractivity contribution in [1.82, 2.24) is 0 Å². The number of halogens is 1. The van der Waals surface area contributed by atoms with Gasteiger partial charge in [0.2, 0.25) is 0 Å². The predicted octanol–water partition coefficient (Wildman–Crippen LogP) is 3.44. The highest BCUT2D eigenvalue weighted by Gasteiger charge is 1.94. The molecule has 140 valence electrons. The topological polar surface area (TPSA) is 27.6 Å². The molecule has 0 rings (SSSR count). The van der Waals surface area contributed by atoms with Gasteiger partial charge < -0.3 is 18.1 Å². The second kappa shape index (κ2) is 24.2. The summed E-state index contributed by atoms with van der Waals surface area (Å²) in [6.45, 7) is 4.89. The minimum absolute atomic E-state index is 0. The van der Waals surface area contributed by atoms with E-state index in [2.05, 4.69) is 12.3 Å². The van der Waals surface area contributed by atoms with Crippen LogP contribution in [0.2, 0.25) is 0 Å². The van der Waals surface area contributed by atoms with E-state index >= 15 is 0 Å². The van der Waals surface area contributed by atoms with Crippen LogP contribution in [0.15, 0.2) is 12.7 Å². The van der Waals surface area contributed by atoms with Crippen molar-refractivity contribution in [2.75, 3.05) is 6.54 Å². The second-order valence-corrected chi connectivity index (χ2v) is 6.94. The Labute approximate surface area is 153 Å². The first-order valence-corrected chi connectivity index (χ1v) is 10.3. The summed E-state index contributed by atoms with van der Waals surface area (Å²) in [5.41, 5.74) is 3.90. The Kier molecular flexibility index (Phi) is 26.6. The molecule has 0 spiro atoms. The third-order valence-electron chi connectivity index (χ3n) is 4.66.